The van der Waals surface area contributed by atoms with Gasteiger partial charge in [0.25, 0.3) is 11.8 Å². The number of ether oxygens (including phenoxy) is 3. The van der Waals surface area contributed by atoms with Crippen LogP contribution in [-0.4, -0.2) is 58.5 Å². The molecule has 0 unspecified atom stereocenters. The summed E-state index contributed by atoms with van der Waals surface area (Å²) in [6.07, 6.45) is -0.433. The van der Waals surface area contributed by atoms with Gasteiger partial charge in [-0.3, -0.25) is 29.8 Å². The number of nitrogens with zero attached hydrogens (tertiary/aromatic N) is 1. The molecule has 182 valence electrons. The number of methoxy groups -OCH3 is 2. The van der Waals surface area contributed by atoms with Crippen LogP contribution in [0.25, 0.3) is 0 Å². The van der Waals surface area contributed by atoms with E-state index in [2.05, 4.69) is 4.72 Å². The zero-order chi connectivity index (χ0) is 25.3. The van der Waals surface area contributed by atoms with Crippen LogP contribution in [0.2, 0.25) is 0 Å². The minimum absolute atomic E-state index is 0.115. The Morgan fingerprint density at radius 3 is 2.29 bits per heavy atom. The third-order valence-electron chi connectivity index (χ3n) is 4.25. The van der Waals surface area contributed by atoms with Gasteiger partial charge in [0.1, 0.15) is 5.75 Å². The third-order valence-corrected chi connectivity index (χ3v) is 5.71. The summed E-state index contributed by atoms with van der Waals surface area (Å²) in [5, 5.41) is 13.1. The van der Waals surface area contributed by atoms with Crippen molar-refractivity contribution in [1.82, 2.24) is 10.0 Å². The number of hydrogen-bond acceptors (Lipinski definition) is 10. The fourth-order valence-corrected chi connectivity index (χ4v) is 3.60. The van der Waals surface area contributed by atoms with Crippen molar-refractivity contribution in [1.29, 1.82) is 0 Å². The van der Waals surface area contributed by atoms with Gasteiger partial charge in [-0.1, -0.05) is 0 Å². The van der Waals surface area contributed by atoms with E-state index in [0.29, 0.717) is 5.75 Å². The van der Waals surface area contributed by atoms with Crippen LogP contribution >= 0.6 is 0 Å². The van der Waals surface area contributed by atoms with Crippen LogP contribution in [0.1, 0.15) is 16.8 Å². The van der Waals surface area contributed by atoms with Crippen molar-refractivity contribution < 1.29 is 41.9 Å². The molecular formula is C20H21N3O10S. The monoisotopic (exact) mass is 495 g/mol. The fraction of sp³-hybridized carbons (Fsp3) is 0.250. The summed E-state index contributed by atoms with van der Waals surface area (Å²) in [5.74, 6) is -2.07. The van der Waals surface area contributed by atoms with Crippen LogP contribution in [0.4, 0.5) is 5.69 Å². The van der Waals surface area contributed by atoms with Gasteiger partial charge in [0, 0.05) is 18.2 Å². The van der Waals surface area contributed by atoms with Crippen molar-refractivity contribution in [3.8, 4) is 11.5 Å². The lowest BCUT2D eigenvalue weighted by molar-refractivity contribution is -0.386. The van der Waals surface area contributed by atoms with Crippen molar-refractivity contribution in [2.45, 2.75) is 11.3 Å². The first kappa shape index (κ1) is 26.2. The first-order chi connectivity index (χ1) is 16.1. The molecule has 13 nitrogen and oxygen atoms in total. The van der Waals surface area contributed by atoms with Gasteiger partial charge in [-0.25, -0.2) is 13.1 Å². The number of imide groups is 1. The Labute approximate surface area is 194 Å². The summed E-state index contributed by atoms with van der Waals surface area (Å²) < 4.78 is 41.2. The molecular weight excluding hydrogens is 474 g/mol. The molecule has 0 saturated carbocycles. The molecule has 2 aromatic rings. The maximum atomic E-state index is 12.3. The SMILES string of the molecule is COc1ccc(C(=O)NC(=O)COC(=O)CCNS(=O)(=O)c2ccc(OC)c([N+](=O)[O-])c2)cc1. The Morgan fingerprint density at radius 2 is 1.71 bits per heavy atom. The molecule has 0 spiro atoms. The van der Waals surface area contributed by atoms with E-state index in [1.54, 1.807) is 0 Å². The van der Waals surface area contributed by atoms with Crippen molar-refractivity contribution in [2.75, 3.05) is 27.4 Å². The van der Waals surface area contributed by atoms with Crippen molar-refractivity contribution >= 4 is 33.5 Å². The highest BCUT2D eigenvalue weighted by molar-refractivity contribution is 7.89. The van der Waals surface area contributed by atoms with Gasteiger partial charge in [-0.15, -0.1) is 0 Å². The van der Waals surface area contributed by atoms with Gasteiger partial charge in [-0.05, 0) is 36.4 Å². The molecule has 2 N–H and O–H groups in total. The summed E-state index contributed by atoms with van der Waals surface area (Å²) in [6.45, 7) is -1.15. The lowest BCUT2D eigenvalue weighted by atomic mass is 10.2. The predicted octanol–water partition coefficient (Wildman–Crippen LogP) is 0.780. The predicted molar refractivity (Wildman–Crippen MR) is 116 cm³/mol. The first-order valence-corrected chi connectivity index (χ1v) is 11.0. The van der Waals surface area contributed by atoms with E-state index in [0.717, 1.165) is 18.2 Å². The molecule has 0 aliphatic heterocycles. The number of sulfonamides is 1. The molecule has 14 heteroatoms. The summed E-state index contributed by atoms with van der Waals surface area (Å²) >= 11 is 0. The minimum Gasteiger partial charge on any atom is -0.497 e. The van der Waals surface area contributed by atoms with Gasteiger partial charge in [0.15, 0.2) is 12.4 Å². The zero-order valence-electron chi connectivity index (χ0n) is 18.1. The van der Waals surface area contributed by atoms with Crippen molar-refractivity contribution in [3.05, 3.63) is 58.1 Å². The largest absolute Gasteiger partial charge is 0.497 e. The Morgan fingerprint density at radius 1 is 1.03 bits per heavy atom. The van der Waals surface area contributed by atoms with Gasteiger partial charge < -0.3 is 14.2 Å². The number of rotatable bonds is 11. The standard InChI is InChI=1S/C20H21N3O10S/c1-31-14-5-3-13(4-6-14)20(26)22-18(24)12-33-19(25)9-10-21-34(29,30)15-7-8-17(32-2)16(11-15)23(27)28/h3-8,11,21H,9-10,12H2,1-2H3,(H,22,24,26). The summed E-state index contributed by atoms with van der Waals surface area (Å²) in [4.78, 5) is 45.4. The van der Waals surface area contributed by atoms with Crippen LogP contribution in [0, 0.1) is 10.1 Å². The molecule has 0 bridgehead atoms. The maximum Gasteiger partial charge on any atom is 0.312 e. The Bertz CT molecular complexity index is 1180. The van der Waals surface area contributed by atoms with Gasteiger partial charge in [0.2, 0.25) is 10.0 Å². The minimum atomic E-state index is -4.17. The smallest absolute Gasteiger partial charge is 0.312 e. The first-order valence-electron chi connectivity index (χ1n) is 9.53. The molecule has 0 aliphatic carbocycles. The average molecular weight is 495 g/mol. The number of carbonyl (C=O) groups is 3. The van der Waals surface area contributed by atoms with E-state index in [-0.39, 0.29) is 11.3 Å². The van der Waals surface area contributed by atoms with Gasteiger partial charge in [-0.2, -0.15) is 0 Å². The maximum absolute atomic E-state index is 12.3. The average Bonchev–Trinajstić information content (AvgIpc) is 2.82. The van der Waals surface area contributed by atoms with Crippen LogP contribution in [0.3, 0.4) is 0 Å². The van der Waals surface area contributed by atoms with E-state index in [9.17, 15) is 32.9 Å². The van der Waals surface area contributed by atoms with E-state index in [4.69, 9.17) is 14.2 Å². The number of hydrogen-bond donors (Lipinski definition) is 2. The highest BCUT2D eigenvalue weighted by Crippen LogP contribution is 2.29. The number of nitro groups is 1. The molecule has 0 fully saturated rings. The molecule has 0 atom stereocenters. The van der Waals surface area contributed by atoms with E-state index in [1.165, 1.54) is 38.5 Å². The molecule has 0 radical (unpaired) electrons. The highest BCUT2D eigenvalue weighted by Gasteiger charge is 2.22. The number of nitrogens with one attached hydrogen (secondary N) is 2. The normalized spacial score (nSPS) is 10.8. The summed E-state index contributed by atoms with van der Waals surface area (Å²) in [6, 6.07) is 9.01. The quantitative estimate of drug-likeness (QED) is 0.257. The van der Waals surface area contributed by atoms with Crippen LogP contribution in [-0.2, 0) is 24.3 Å². The lowest BCUT2D eigenvalue weighted by Gasteiger charge is -2.09. The second-order valence-corrected chi connectivity index (χ2v) is 8.27. The molecule has 0 saturated heterocycles. The molecule has 0 aliphatic rings. The highest BCUT2D eigenvalue weighted by atomic mass is 32.2. The van der Waals surface area contributed by atoms with Crippen LogP contribution in [0.5, 0.6) is 11.5 Å². The number of amides is 2. The van der Waals surface area contributed by atoms with Crippen LogP contribution < -0.4 is 19.5 Å². The number of carbonyl (C=O) groups excluding carboxylic acids is 3. The second kappa shape index (κ2) is 11.7. The molecule has 0 heterocycles. The molecule has 0 aromatic heterocycles. The number of esters is 1. The topological polar surface area (TPSA) is 180 Å². The molecule has 34 heavy (non-hydrogen) atoms. The van der Waals surface area contributed by atoms with Crippen molar-refractivity contribution in [3.63, 3.8) is 0 Å². The second-order valence-electron chi connectivity index (χ2n) is 6.51. The van der Waals surface area contributed by atoms with Crippen molar-refractivity contribution in [2.24, 2.45) is 0 Å². The number of nitro benzene ring substituents is 1. The lowest BCUT2D eigenvalue weighted by Crippen LogP contribution is -2.34. The van der Waals surface area contributed by atoms with E-state index in [1.807, 2.05) is 5.32 Å². The summed E-state index contributed by atoms with van der Waals surface area (Å²) in [7, 11) is -1.51. The van der Waals surface area contributed by atoms with E-state index >= 15 is 0 Å². The van der Waals surface area contributed by atoms with E-state index < -0.39 is 62.9 Å². The molecule has 2 rings (SSSR count). The summed E-state index contributed by atoms with van der Waals surface area (Å²) in [5.41, 5.74) is -0.353. The van der Waals surface area contributed by atoms with Gasteiger partial charge in [0.05, 0.1) is 30.5 Å². The zero-order valence-corrected chi connectivity index (χ0v) is 18.9. The Kier molecular flexibility index (Phi) is 9.03. The fourth-order valence-electron chi connectivity index (χ4n) is 2.55. The van der Waals surface area contributed by atoms with Gasteiger partial charge >= 0.3 is 11.7 Å². The third kappa shape index (κ3) is 7.25. The molecule has 2 aromatic carbocycles. The Hall–Kier alpha value is -4.04. The Balaban J connectivity index is 1.81. The number of benzene rings is 2. The van der Waals surface area contributed by atoms with Crippen LogP contribution in [0.15, 0.2) is 47.4 Å². The molecule has 2 amide bonds.